The Balaban J connectivity index is 1.53. The van der Waals surface area contributed by atoms with E-state index in [9.17, 15) is 5.11 Å². The molecule has 0 radical (unpaired) electrons. The van der Waals surface area contributed by atoms with Gasteiger partial charge in [0.1, 0.15) is 11.5 Å². The van der Waals surface area contributed by atoms with Crippen molar-refractivity contribution in [2.45, 2.75) is 44.8 Å². The van der Waals surface area contributed by atoms with Gasteiger partial charge in [0.25, 0.3) is 0 Å². The van der Waals surface area contributed by atoms with Gasteiger partial charge in [0.15, 0.2) is 0 Å². The predicted molar refractivity (Wildman–Crippen MR) is 104 cm³/mol. The Morgan fingerprint density at radius 2 is 1.73 bits per heavy atom. The summed E-state index contributed by atoms with van der Waals surface area (Å²) in [6.07, 6.45) is 4.53. The van der Waals surface area contributed by atoms with E-state index in [0.717, 1.165) is 42.1 Å². The fraction of sp³-hybridized carbons (Fsp3) is 0.714. The van der Waals surface area contributed by atoms with Crippen molar-refractivity contribution in [1.82, 2.24) is 9.80 Å². The van der Waals surface area contributed by atoms with Gasteiger partial charge in [-0.3, -0.25) is 0 Å². The zero-order chi connectivity index (χ0) is 18.5. The topological polar surface area (TPSA) is 45.2 Å². The molecule has 3 rings (SSSR count). The number of hydrogen-bond acceptors (Lipinski definition) is 5. The van der Waals surface area contributed by atoms with Crippen LogP contribution in [-0.2, 0) is 0 Å². The van der Waals surface area contributed by atoms with Gasteiger partial charge in [-0.2, -0.15) is 0 Å². The molecule has 2 heterocycles. The molecule has 146 valence electrons. The van der Waals surface area contributed by atoms with Gasteiger partial charge in [-0.15, -0.1) is 0 Å². The molecule has 1 atom stereocenters. The Bertz CT molecular complexity index is 564. The van der Waals surface area contributed by atoms with Crippen molar-refractivity contribution in [2.75, 3.05) is 46.9 Å². The molecule has 2 saturated heterocycles. The van der Waals surface area contributed by atoms with Crippen LogP contribution in [0.5, 0.6) is 11.5 Å². The van der Waals surface area contributed by atoms with E-state index in [1.165, 1.54) is 38.8 Å². The number of likely N-dealkylation sites (tertiary alicyclic amines) is 2. The molecule has 0 aromatic heterocycles. The minimum Gasteiger partial charge on any atom is -0.497 e. The Labute approximate surface area is 157 Å². The molecule has 0 spiro atoms. The van der Waals surface area contributed by atoms with Crippen LogP contribution in [0.3, 0.4) is 0 Å². The summed E-state index contributed by atoms with van der Waals surface area (Å²) in [7, 11) is 3.28. The quantitative estimate of drug-likeness (QED) is 0.843. The van der Waals surface area contributed by atoms with Gasteiger partial charge in [-0.25, -0.2) is 0 Å². The first-order valence-corrected chi connectivity index (χ1v) is 9.97. The standard InChI is InChI=1S/C21H34N2O3/c1-16-6-12-23(13-7-16)17-8-10-22(11-9-17)15-20(24)19-14-18(25-2)4-5-21(19)26-3/h4-5,14,16-17,20,24H,6-13,15H2,1-3H3/t20-/m1/s1. The number of benzene rings is 1. The molecule has 5 nitrogen and oxygen atoms in total. The van der Waals surface area contributed by atoms with Gasteiger partial charge in [0.2, 0.25) is 0 Å². The van der Waals surface area contributed by atoms with Gasteiger partial charge in [-0.05, 0) is 76.0 Å². The highest BCUT2D eigenvalue weighted by Crippen LogP contribution is 2.31. The number of aliphatic hydroxyl groups is 1. The van der Waals surface area contributed by atoms with E-state index >= 15 is 0 Å². The summed E-state index contributed by atoms with van der Waals surface area (Å²) in [6, 6.07) is 6.33. The van der Waals surface area contributed by atoms with E-state index < -0.39 is 6.10 Å². The summed E-state index contributed by atoms with van der Waals surface area (Å²) >= 11 is 0. The fourth-order valence-corrected chi connectivity index (χ4v) is 4.30. The summed E-state index contributed by atoms with van der Waals surface area (Å²) in [5, 5.41) is 10.8. The molecule has 5 heteroatoms. The van der Waals surface area contributed by atoms with E-state index in [-0.39, 0.29) is 0 Å². The third kappa shape index (κ3) is 4.70. The number of rotatable bonds is 6. The van der Waals surface area contributed by atoms with E-state index in [4.69, 9.17) is 9.47 Å². The van der Waals surface area contributed by atoms with Crippen LogP contribution in [0.25, 0.3) is 0 Å². The molecule has 2 aliphatic heterocycles. The van der Waals surface area contributed by atoms with Crippen LogP contribution in [0.1, 0.15) is 44.3 Å². The number of methoxy groups -OCH3 is 2. The monoisotopic (exact) mass is 362 g/mol. The number of piperidine rings is 2. The largest absolute Gasteiger partial charge is 0.497 e. The van der Waals surface area contributed by atoms with Crippen LogP contribution < -0.4 is 9.47 Å². The second-order valence-corrected chi connectivity index (χ2v) is 7.87. The normalized spacial score (nSPS) is 22.3. The SMILES string of the molecule is COc1ccc(OC)c([C@H](O)CN2CCC(N3CCC(C)CC3)CC2)c1. The zero-order valence-corrected chi connectivity index (χ0v) is 16.5. The van der Waals surface area contributed by atoms with Crippen molar-refractivity contribution in [3.8, 4) is 11.5 Å². The predicted octanol–water partition coefficient (Wildman–Crippen LogP) is 2.93. The number of β-amino-alcohol motifs (C(OH)–C–C–N with tert-alkyl or cyclic N) is 1. The first kappa shape index (κ1) is 19.5. The lowest BCUT2D eigenvalue weighted by molar-refractivity contribution is 0.0535. The Kier molecular flexibility index (Phi) is 6.79. The number of hydrogen-bond donors (Lipinski definition) is 1. The Morgan fingerprint density at radius 1 is 1.04 bits per heavy atom. The molecule has 0 aliphatic carbocycles. The third-order valence-corrected chi connectivity index (χ3v) is 6.12. The van der Waals surface area contributed by atoms with E-state index in [2.05, 4.69) is 16.7 Å². The minimum absolute atomic E-state index is 0.563. The molecule has 0 amide bonds. The Hall–Kier alpha value is -1.30. The van der Waals surface area contributed by atoms with Gasteiger partial charge in [0.05, 0.1) is 20.3 Å². The van der Waals surface area contributed by atoms with Gasteiger partial charge < -0.3 is 24.4 Å². The van der Waals surface area contributed by atoms with Crippen molar-refractivity contribution < 1.29 is 14.6 Å². The maximum Gasteiger partial charge on any atom is 0.124 e. The van der Waals surface area contributed by atoms with Crippen molar-refractivity contribution in [3.63, 3.8) is 0 Å². The number of aliphatic hydroxyl groups excluding tert-OH is 1. The maximum absolute atomic E-state index is 10.8. The maximum atomic E-state index is 10.8. The number of ether oxygens (including phenoxy) is 2. The van der Waals surface area contributed by atoms with Crippen molar-refractivity contribution in [3.05, 3.63) is 23.8 Å². The first-order valence-electron chi connectivity index (χ1n) is 9.97. The van der Waals surface area contributed by atoms with Crippen molar-refractivity contribution >= 4 is 0 Å². The van der Waals surface area contributed by atoms with Crippen molar-refractivity contribution in [2.24, 2.45) is 5.92 Å². The third-order valence-electron chi connectivity index (χ3n) is 6.12. The van der Waals surface area contributed by atoms with Crippen LogP contribution in [-0.4, -0.2) is 67.9 Å². The molecule has 26 heavy (non-hydrogen) atoms. The molecule has 2 aliphatic rings. The summed E-state index contributed by atoms with van der Waals surface area (Å²) in [4.78, 5) is 5.07. The smallest absolute Gasteiger partial charge is 0.124 e. The van der Waals surface area contributed by atoms with Crippen LogP contribution in [0.2, 0.25) is 0 Å². The average molecular weight is 363 g/mol. The Morgan fingerprint density at radius 3 is 2.35 bits per heavy atom. The van der Waals surface area contributed by atoms with Crippen LogP contribution in [0, 0.1) is 5.92 Å². The first-order chi connectivity index (χ1) is 12.6. The fourth-order valence-electron chi connectivity index (χ4n) is 4.30. The molecule has 0 unspecified atom stereocenters. The van der Waals surface area contributed by atoms with Crippen LogP contribution >= 0.6 is 0 Å². The van der Waals surface area contributed by atoms with Crippen LogP contribution in [0.15, 0.2) is 18.2 Å². The molecular weight excluding hydrogens is 328 g/mol. The highest BCUT2D eigenvalue weighted by Gasteiger charge is 2.28. The zero-order valence-electron chi connectivity index (χ0n) is 16.5. The lowest BCUT2D eigenvalue weighted by Gasteiger charge is -2.41. The molecular formula is C21H34N2O3. The highest BCUT2D eigenvalue weighted by atomic mass is 16.5. The summed E-state index contributed by atoms with van der Waals surface area (Å²) in [5.74, 6) is 2.35. The van der Waals surface area contributed by atoms with Crippen molar-refractivity contribution in [1.29, 1.82) is 0 Å². The van der Waals surface area contributed by atoms with E-state index in [1.54, 1.807) is 14.2 Å². The summed E-state index contributed by atoms with van der Waals surface area (Å²) in [5.41, 5.74) is 0.805. The van der Waals surface area contributed by atoms with Gasteiger partial charge in [-0.1, -0.05) is 6.92 Å². The van der Waals surface area contributed by atoms with Crippen LogP contribution in [0.4, 0.5) is 0 Å². The summed E-state index contributed by atoms with van der Waals surface area (Å²) < 4.78 is 10.7. The molecule has 0 saturated carbocycles. The lowest BCUT2D eigenvalue weighted by Crippen LogP contribution is -2.48. The van der Waals surface area contributed by atoms with Gasteiger partial charge in [0, 0.05) is 18.2 Å². The molecule has 1 aromatic rings. The molecule has 1 N–H and O–H groups in total. The lowest BCUT2D eigenvalue weighted by atomic mass is 9.94. The summed E-state index contributed by atoms with van der Waals surface area (Å²) in [6.45, 7) is 7.65. The molecule has 0 bridgehead atoms. The van der Waals surface area contributed by atoms with E-state index in [1.807, 2.05) is 18.2 Å². The van der Waals surface area contributed by atoms with Gasteiger partial charge >= 0.3 is 0 Å². The highest BCUT2D eigenvalue weighted by molar-refractivity contribution is 5.41. The number of nitrogens with zero attached hydrogens (tertiary/aromatic N) is 2. The second-order valence-electron chi connectivity index (χ2n) is 7.87. The van der Waals surface area contributed by atoms with E-state index in [0.29, 0.717) is 6.54 Å². The average Bonchev–Trinajstić information content (AvgIpc) is 2.68. The molecule has 1 aromatic carbocycles. The second kappa shape index (κ2) is 9.07. The minimum atomic E-state index is -0.563. The molecule has 2 fully saturated rings.